The third kappa shape index (κ3) is 1.22. The summed E-state index contributed by atoms with van der Waals surface area (Å²) in [6.45, 7) is 2.33. The molecule has 1 aromatic heterocycles. The van der Waals surface area contributed by atoms with Gasteiger partial charge in [0.25, 0.3) is 0 Å². The highest BCUT2D eigenvalue weighted by atomic mass is 16.5. The minimum absolute atomic E-state index is 0.196. The van der Waals surface area contributed by atoms with Crippen LogP contribution in [-0.2, 0) is 6.42 Å². The van der Waals surface area contributed by atoms with E-state index in [4.69, 9.17) is 9.84 Å². The van der Waals surface area contributed by atoms with Gasteiger partial charge in [0, 0.05) is 17.7 Å². The van der Waals surface area contributed by atoms with Crippen molar-refractivity contribution in [1.29, 1.82) is 0 Å². The lowest BCUT2D eigenvalue weighted by Gasteiger charge is -2.01. The van der Waals surface area contributed by atoms with Crippen LogP contribution in [0.4, 0.5) is 0 Å². The molecule has 0 bridgehead atoms. The van der Waals surface area contributed by atoms with E-state index in [9.17, 15) is 4.79 Å². The number of aryl methyl sites for hydroxylation is 1. The highest BCUT2D eigenvalue weighted by Gasteiger charge is 2.20. The van der Waals surface area contributed by atoms with Crippen LogP contribution in [0.15, 0.2) is 0 Å². The Labute approximate surface area is 74.4 Å². The zero-order chi connectivity index (χ0) is 9.42. The van der Waals surface area contributed by atoms with E-state index < -0.39 is 5.97 Å². The van der Waals surface area contributed by atoms with E-state index in [-0.39, 0.29) is 5.82 Å². The van der Waals surface area contributed by atoms with Gasteiger partial charge in [-0.3, -0.25) is 0 Å². The second-order valence-corrected chi connectivity index (χ2v) is 2.82. The van der Waals surface area contributed by atoms with Crippen LogP contribution in [0.2, 0.25) is 0 Å². The molecule has 0 unspecified atom stereocenters. The standard InChI is InChI=1S/C8H8N2O3/c1-4-5-2-3-13-7(5)10-6(9-4)8(11)12/h2-3H2,1H3,(H,11,12). The summed E-state index contributed by atoms with van der Waals surface area (Å²) in [5.74, 6) is -0.899. The summed E-state index contributed by atoms with van der Waals surface area (Å²) in [5.41, 5.74) is 1.62. The topological polar surface area (TPSA) is 72.3 Å². The first-order valence-corrected chi connectivity index (χ1v) is 3.92. The lowest BCUT2D eigenvalue weighted by Crippen LogP contribution is -2.06. The van der Waals surface area contributed by atoms with E-state index >= 15 is 0 Å². The molecule has 1 aliphatic heterocycles. The van der Waals surface area contributed by atoms with Gasteiger partial charge >= 0.3 is 5.97 Å². The molecule has 5 nitrogen and oxygen atoms in total. The van der Waals surface area contributed by atoms with Crippen molar-refractivity contribution in [2.45, 2.75) is 13.3 Å². The van der Waals surface area contributed by atoms with Crippen molar-refractivity contribution >= 4 is 5.97 Å². The number of rotatable bonds is 1. The SMILES string of the molecule is Cc1nc(C(=O)O)nc2c1CCO2. The Hall–Kier alpha value is -1.65. The number of fused-ring (bicyclic) bond motifs is 1. The highest BCUT2D eigenvalue weighted by molar-refractivity contribution is 5.83. The molecule has 0 amide bonds. The highest BCUT2D eigenvalue weighted by Crippen LogP contribution is 2.24. The number of nitrogens with zero attached hydrogens (tertiary/aromatic N) is 2. The van der Waals surface area contributed by atoms with Gasteiger partial charge in [-0.05, 0) is 6.92 Å². The fourth-order valence-electron chi connectivity index (χ4n) is 1.32. The van der Waals surface area contributed by atoms with Crippen molar-refractivity contribution < 1.29 is 14.6 Å². The summed E-state index contributed by atoms with van der Waals surface area (Å²) in [6, 6.07) is 0. The van der Waals surface area contributed by atoms with Crippen LogP contribution in [0.1, 0.15) is 21.9 Å². The molecular weight excluding hydrogens is 172 g/mol. The molecule has 2 rings (SSSR count). The van der Waals surface area contributed by atoms with Gasteiger partial charge in [0.05, 0.1) is 6.61 Å². The number of aromatic carboxylic acids is 1. The van der Waals surface area contributed by atoms with Crippen molar-refractivity contribution in [2.75, 3.05) is 6.61 Å². The van der Waals surface area contributed by atoms with Crippen LogP contribution in [0, 0.1) is 6.92 Å². The number of carbonyl (C=O) groups is 1. The van der Waals surface area contributed by atoms with Gasteiger partial charge in [-0.2, -0.15) is 4.98 Å². The van der Waals surface area contributed by atoms with Crippen LogP contribution in [0.3, 0.4) is 0 Å². The van der Waals surface area contributed by atoms with Crippen LogP contribution in [-0.4, -0.2) is 27.7 Å². The van der Waals surface area contributed by atoms with Crippen molar-refractivity contribution in [2.24, 2.45) is 0 Å². The van der Waals surface area contributed by atoms with Crippen LogP contribution < -0.4 is 4.74 Å². The largest absolute Gasteiger partial charge is 0.477 e. The fourth-order valence-corrected chi connectivity index (χ4v) is 1.32. The molecular formula is C8H8N2O3. The predicted octanol–water partition coefficient (Wildman–Crippen LogP) is 0.418. The maximum absolute atomic E-state index is 10.6. The van der Waals surface area contributed by atoms with Gasteiger partial charge < -0.3 is 9.84 Å². The molecule has 0 radical (unpaired) electrons. The second-order valence-electron chi connectivity index (χ2n) is 2.82. The molecule has 0 atom stereocenters. The molecule has 68 valence electrons. The van der Waals surface area contributed by atoms with E-state index in [2.05, 4.69) is 9.97 Å². The zero-order valence-electron chi connectivity index (χ0n) is 7.07. The van der Waals surface area contributed by atoms with Crippen LogP contribution >= 0.6 is 0 Å². The first-order chi connectivity index (χ1) is 6.18. The van der Waals surface area contributed by atoms with Crippen LogP contribution in [0.25, 0.3) is 0 Å². The Kier molecular flexibility index (Phi) is 1.65. The van der Waals surface area contributed by atoms with Gasteiger partial charge in [-0.25, -0.2) is 9.78 Å². The molecule has 0 fully saturated rings. The molecule has 0 spiro atoms. The Morgan fingerprint density at radius 3 is 3.00 bits per heavy atom. The van der Waals surface area contributed by atoms with E-state index in [0.717, 1.165) is 12.0 Å². The molecule has 0 aromatic carbocycles. The number of ether oxygens (including phenoxy) is 1. The van der Waals surface area contributed by atoms with Crippen molar-refractivity contribution in [3.05, 3.63) is 17.1 Å². The summed E-state index contributed by atoms with van der Waals surface area (Å²) in [6.07, 6.45) is 0.765. The van der Waals surface area contributed by atoms with Gasteiger partial charge in [-0.1, -0.05) is 0 Å². The van der Waals surface area contributed by atoms with E-state index in [1.165, 1.54) is 0 Å². The van der Waals surface area contributed by atoms with Gasteiger partial charge in [0.2, 0.25) is 11.7 Å². The number of carboxylic acid groups (broad SMARTS) is 1. The summed E-state index contributed by atoms with van der Waals surface area (Å²) in [5, 5.41) is 8.66. The molecule has 0 aliphatic carbocycles. The predicted molar refractivity (Wildman–Crippen MR) is 42.9 cm³/mol. The number of hydrogen-bond donors (Lipinski definition) is 1. The lowest BCUT2D eigenvalue weighted by molar-refractivity contribution is 0.0682. The zero-order valence-corrected chi connectivity index (χ0v) is 7.07. The molecule has 1 aromatic rings. The van der Waals surface area contributed by atoms with E-state index in [1.54, 1.807) is 6.92 Å². The second kappa shape index (κ2) is 2.69. The molecule has 0 saturated carbocycles. The molecule has 2 heterocycles. The summed E-state index contributed by atoms with van der Waals surface area (Å²) in [4.78, 5) is 18.2. The lowest BCUT2D eigenvalue weighted by atomic mass is 10.2. The Morgan fingerprint density at radius 2 is 2.31 bits per heavy atom. The van der Waals surface area contributed by atoms with Crippen molar-refractivity contribution in [1.82, 2.24) is 9.97 Å². The summed E-state index contributed by atoms with van der Waals surface area (Å²) in [7, 11) is 0. The quantitative estimate of drug-likeness (QED) is 0.678. The Bertz CT molecular complexity index is 376. The number of hydrogen-bond acceptors (Lipinski definition) is 4. The van der Waals surface area contributed by atoms with Gasteiger partial charge in [0.1, 0.15) is 0 Å². The monoisotopic (exact) mass is 180 g/mol. The first kappa shape index (κ1) is 7.97. The maximum Gasteiger partial charge on any atom is 0.374 e. The third-order valence-electron chi connectivity index (χ3n) is 1.96. The number of aromatic nitrogens is 2. The van der Waals surface area contributed by atoms with Crippen molar-refractivity contribution in [3.63, 3.8) is 0 Å². The normalized spacial score (nSPS) is 13.6. The van der Waals surface area contributed by atoms with E-state index in [0.29, 0.717) is 18.2 Å². The molecule has 1 N–H and O–H groups in total. The van der Waals surface area contributed by atoms with Crippen LogP contribution in [0.5, 0.6) is 5.88 Å². The van der Waals surface area contributed by atoms with Crippen molar-refractivity contribution in [3.8, 4) is 5.88 Å². The smallest absolute Gasteiger partial charge is 0.374 e. The molecule has 0 saturated heterocycles. The average Bonchev–Trinajstić information content (AvgIpc) is 2.51. The average molecular weight is 180 g/mol. The fraction of sp³-hybridized carbons (Fsp3) is 0.375. The number of carboxylic acids is 1. The Balaban J connectivity index is 2.55. The minimum Gasteiger partial charge on any atom is -0.477 e. The minimum atomic E-state index is -1.12. The summed E-state index contributed by atoms with van der Waals surface area (Å²) >= 11 is 0. The molecule has 13 heavy (non-hydrogen) atoms. The van der Waals surface area contributed by atoms with Gasteiger partial charge in [-0.15, -0.1) is 0 Å². The van der Waals surface area contributed by atoms with Gasteiger partial charge in [0.15, 0.2) is 0 Å². The molecule has 1 aliphatic rings. The molecule has 5 heteroatoms. The maximum atomic E-state index is 10.6. The van der Waals surface area contributed by atoms with E-state index in [1.807, 2.05) is 0 Å². The third-order valence-corrected chi connectivity index (χ3v) is 1.96. The Morgan fingerprint density at radius 1 is 1.54 bits per heavy atom. The summed E-state index contributed by atoms with van der Waals surface area (Å²) < 4.78 is 5.16. The first-order valence-electron chi connectivity index (χ1n) is 3.92.